The van der Waals surface area contributed by atoms with E-state index in [0.717, 1.165) is 0 Å². The summed E-state index contributed by atoms with van der Waals surface area (Å²) in [7, 11) is 0. The Labute approximate surface area is 182 Å². The zero-order valence-corrected chi connectivity index (χ0v) is 19.1. The summed E-state index contributed by atoms with van der Waals surface area (Å²) in [6.45, 7) is 12.9. The van der Waals surface area contributed by atoms with Crippen LogP contribution in [0.4, 0.5) is 0 Å². The van der Waals surface area contributed by atoms with Crippen molar-refractivity contribution >= 4 is 0 Å². The molecule has 0 N–H and O–H groups in total. The minimum Gasteiger partial charge on any atom is -0.0587 e. The van der Waals surface area contributed by atoms with Gasteiger partial charge in [0.05, 0.1) is 0 Å². The van der Waals surface area contributed by atoms with E-state index in [1.54, 1.807) is 0 Å². The molecule has 0 saturated heterocycles. The highest BCUT2D eigenvalue weighted by Gasteiger charge is 2.05. The molecule has 0 aliphatic rings. The van der Waals surface area contributed by atoms with Gasteiger partial charge in [0, 0.05) is 0 Å². The standard InChI is InChI=1S/C16H18.C14H14/c1-11-5-8-15(9-6-11)16-10-7-12(2)13(3)14(16)4;1-11-3-7-13(8-4-11)14-9-5-12(2)6-10-14/h5-10H,1-4H3;3-10H,1-2H3. The van der Waals surface area contributed by atoms with E-state index in [4.69, 9.17) is 0 Å². The van der Waals surface area contributed by atoms with Crippen LogP contribution in [0.5, 0.6) is 0 Å². The van der Waals surface area contributed by atoms with Crippen LogP contribution in [-0.4, -0.2) is 0 Å². The van der Waals surface area contributed by atoms with Gasteiger partial charge in [-0.3, -0.25) is 0 Å². The van der Waals surface area contributed by atoms with Crippen LogP contribution in [0.2, 0.25) is 0 Å². The quantitative estimate of drug-likeness (QED) is 0.320. The molecule has 4 rings (SSSR count). The molecule has 4 aromatic carbocycles. The molecule has 0 aromatic heterocycles. The fourth-order valence-electron chi connectivity index (χ4n) is 3.49. The largest absolute Gasteiger partial charge is 0.0587 e. The minimum atomic E-state index is 1.29. The highest BCUT2D eigenvalue weighted by atomic mass is 14.1. The highest BCUT2D eigenvalue weighted by Crippen LogP contribution is 2.27. The van der Waals surface area contributed by atoms with Crippen molar-refractivity contribution in [2.24, 2.45) is 0 Å². The third-order valence-corrected chi connectivity index (χ3v) is 5.86. The monoisotopic (exact) mass is 392 g/mol. The zero-order chi connectivity index (χ0) is 21.7. The van der Waals surface area contributed by atoms with Gasteiger partial charge in [0.15, 0.2) is 0 Å². The van der Waals surface area contributed by atoms with E-state index in [9.17, 15) is 0 Å². The molecule has 30 heavy (non-hydrogen) atoms. The predicted octanol–water partition coefficient (Wildman–Crippen LogP) is 8.56. The van der Waals surface area contributed by atoms with Crippen molar-refractivity contribution in [3.05, 3.63) is 118 Å². The van der Waals surface area contributed by atoms with Gasteiger partial charge in [-0.05, 0) is 80.5 Å². The van der Waals surface area contributed by atoms with E-state index < -0.39 is 0 Å². The Balaban J connectivity index is 0.000000172. The van der Waals surface area contributed by atoms with Gasteiger partial charge in [0.2, 0.25) is 0 Å². The summed E-state index contributed by atoms with van der Waals surface area (Å²) in [4.78, 5) is 0. The van der Waals surface area contributed by atoms with Crippen LogP contribution < -0.4 is 0 Å². The average molecular weight is 393 g/mol. The predicted molar refractivity (Wildman–Crippen MR) is 132 cm³/mol. The Morgan fingerprint density at radius 3 is 1.10 bits per heavy atom. The second kappa shape index (κ2) is 9.59. The van der Waals surface area contributed by atoms with E-state index in [1.807, 2.05) is 0 Å². The Hall–Kier alpha value is -3.12. The van der Waals surface area contributed by atoms with Crippen LogP contribution in [0.25, 0.3) is 22.3 Å². The molecule has 0 amide bonds. The molecule has 0 fully saturated rings. The SMILES string of the molecule is Cc1ccc(-c2ccc(C)c(C)c2C)cc1.Cc1ccc(-c2ccc(C)cc2)cc1. The first-order valence-electron chi connectivity index (χ1n) is 10.6. The van der Waals surface area contributed by atoms with Crippen molar-refractivity contribution in [3.8, 4) is 22.3 Å². The molecular weight excluding hydrogens is 360 g/mol. The highest BCUT2D eigenvalue weighted by molar-refractivity contribution is 5.69. The second-order valence-corrected chi connectivity index (χ2v) is 8.28. The summed E-state index contributed by atoms with van der Waals surface area (Å²) >= 11 is 0. The van der Waals surface area contributed by atoms with Gasteiger partial charge in [-0.25, -0.2) is 0 Å². The molecule has 0 nitrogen and oxygen atoms in total. The van der Waals surface area contributed by atoms with Crippen molar-refractivity contribution in [2.45, 2.75) is 41.5 Å². The molecule has 152 valence electrons. The molecule has 0 aliphatic carbocycles. The molecule has 0 heterocycles. The lowest BCUT2D eigenvalue weighted by molar-refractivity contribution is 1.27. The first kappa shape index (κ1) is 21.6. The van der Waals surface area contributed by atoms with Crippen LogP contribution in [0.1, 0.15) is 33.4 Å². The maximum atomic E-state index is 2.22. The van der Waals surface area contributed by atoms with Gasteiger partial charge in [0.1, 0.15) is 0 Å². The molecule has 0 radical (unpaired) electrons. The van der Waals surface area contributed by atoms with Crippen LogP contribution in [0, 0.1) is 41.5 Å². The van der Waals surface area contributed by atoms with Crippen molar-refractivity contribution in [1.82, 2.24) is 0 Å². The molecule has 0 unspecified atom stereocenters. The molecule has 0 heteroatoms. The van der Waals surface area contributed by atoms with E-state index >= 15 is 0 Å². The maximum absolute atomic E-state index is 2.22. The molecule has 0 aliphatic heterocycles. The molecule has 0 saturated carbocycles. The Morgan fingerprint density at radius 1 is 0.333 bits per heavy atom. The van der Waals surface area contributed by atoms with Crippen LogP contribution in [0.15, 0.2) is 84.9 Å². The van der Waals surface area contributed by atoms with Crippen LogP contribution in [0.3, 0.4) is 0 Å². The molecule has 0 bridgehead atoms. The smallest absolute Gasteiger partial charge is 0.0152 e. The lowest BCUT2D eigenvalue weighted by Gasteiger charge is -2.11. The van der Waals surface area contributed by atoms with Gasteiger partial charge in [-0.2, -0.15) is 0 Å². The fourth-order valence-corrected chi connectivity index (χ4v) is 3.49. The number of benzene rings is 4. The minimum absolute atomic E-state index is 1.29. The summed E-state index contributed by atoms with van der Waals surface area (Å²) < 4.78 is 0. The molecule has 0 atom stereocenters. The second-order valence-electron chi connectivity index (χ2n) is 8.28. The Kier molecular flexibility index (Phi) is 6.90. The molecule has 0 spiro atoms. The first-order valence-corrected chi connectivity index (χ1v) is 10.6. The topological polar surface area (TPSA) is 0 Å². The number of aryl methyl sites for hydroxylation is 4. The van der Waals surface area contributed by atoms with Gasteiger partial charge >= 0.3 is 0 Å². The van der Waals surface area contributed by atoms with E-state index in [-0.39, 0.29) is 0 Å². The summed E-state index contributed by atoms with van der Waals surface area (Å²) in [5, 5.41) is 0. The first-order chi connectivity index (χ1) is 14.3. The fraction of sp³-hybridized carbons (Fsp3) is 0.200. The summed E-state index contributed by atoms with van der Waals surface area (Å²) in [6, 6.07) is 30.4. The lowest BCUT2D eigenvalue weighted by atomic mass is 9.94. The molecule has 4 aromatic rings. The van der Waals surface area contributed by atoms with E-state index in [0.29, 0.717) is 0 Å². The van der Waals surface area contributed by atoms with Gasteiger partial charge in [-0.1, -0.05) is 102 Å². The number of hydrogen-bond donors (Lipinski definition) is 0. The van der Waals surface area contributed by atoms with Crippen LogP contribution in [-0.2, 0) is 0 Å². The van der Waals surface area contributed by atoms with Gasteiger partial charge in [-0.15, -0.1) is 0 Å². The summed E-state index contributed by atoms with van der Waals surface area (Å²) in [5.74, 6) is 0. The third kappa shape index (κ3) is 5.27. The lowest BCUT2D eigenvalue weighted by Crippen LogP contribution is -1.90. The summed E-state index contributed by atoms with van der Waals surface area (Å²) in [5.41, 5.74) is 13.3. The van der Waals surface area contributed by atoms with Crippen molar-refractivity contribution in [3.63, 3.8) is 0 Å². The molecular formula is C30H32. The third-order valence-electron chi connectivity index (χ3n) is 5.86. The number of rotatable bonds is 2. The van der Waals surface area contributed by atoms with Crippen molar-refractivity contribution in [2.75, 3.05) is 0 Å². The van der Waals surface area contributed by atoms with Crippen molar-refractivity contribution in [1.29, 1.82) is 0 Å². The van der Waals surface area contributed by atoms with Crippen LogP contribution >= 0.6 is 0 Å². The number of hydrogen-bond acceptors (Lipinski definition) is 0. The Bertz CT molecular complexity index is 1050. The van der Waals surface area contributed by atoms with Gasteiger partial charge in [0.25, 0.3) is 0 Å². The normalized spacial score (nSPS) is 10.3. The summed E-state index contributed by atoms with van der Waals surface area (Å²) in [6.07, 6.45) is 0. The van der Waals surface area contributed by atoms with Gasteiger partial charge < -0.3 is 0 Å². The Morgan fingerprint density at radius 2 is 0.700 bits per heavy atom. The van der Waals surface area contributed by atoms with E-state index in [1.165, 1.54) is 55.6 Å². The van der Waals surface area contributed by atoms with Crippen molar-refractivity contribution < 1.29 is 0 Å². The maximum Gasteiger partial charge on any atom is -0.0152 e. The average Bonchev–Trinajstić information content (AvgIpc) is 2.75. The zero-order valence-electron chi connectivity index (χ0n) is 19.1. The van der Waals surface area contributed by atoms with E-state index in [2.05, 4.69) is 126 Å².